The maximum Gasteiger partial charge on any atom is 0.165 e. The quantitative estimate of drug-likeness (QED) is 0.753. The van der Waals surface area contributed by atoms with Crippen LogP contribution in [-0.2, 0) is 0 Å². The van der Waals surface area contributed by atoms with Crippen molar-refractivity contribution in [2.24, 2.45) is 0 Å². The highest BCUT2D eigenvalue weighted by Gasteiger charge is 2.11. The van der Waals surface area contributed by atoms with Crippen LogP contribution in [0.1, 0.15) is 10.4 Å². The van der Waals surface area contributed by atoms with Crippen molar-refractivity contribution in [3.63, 3.8) is 0 Å². The number of ether oxygens (including phenoxy) is 1. The zero-order valence-electron chi connectivity index (χ0n) is 8.99. The number of rotatable bonds is 3. The van der Waals surface area contributed by atoms with Crippen LogP contribution in [-0.4, -0.2) is 6.29 Å². The summed E-state index contributed by atoms with van der Waals surface area (Å²) in [5.74, 6) is -0.278. The molecular weight excluding hydrogens is 322 g/mol. The molecule has 2 aromatic rings. The number of aldehydes is 1. The molecule has 0 saturated heterocycles. The van der Waals surface area contributed by atoms with Gasteiger partial charge in [-0.2, -0.15) is 0 Å². The summed E-state index contributed by atoms with van der Waals surface area (Å²) in [4.78, 5) is 10.9. The summed E-state index contributed by atoms with van der Waals surface area (Å²) in [6.07, 6.45) is 0.577. The van der Waals surface area contributed by atoms with E-state index in [9.17, 15) is 9.18 Å². The Bertz CT molecular complexity index is 602. The summed E-state index contributed by atoms with van der Waals surface area (Å²) in [5, 5.41) is 0.262. The van der Waals surface area contributed by atoms with Crippen molar-refractivity contribution >= 4 is 33.8 Å². The molecule has 2 rings (SSSR count). The van der Waals surface area contributed by atoms with E-state index >= 15 is 0 Å². The van der Waals surface area contributed by atoms with Gasteiger partial charge in [0, 0.05) is 4.47 Å². The van der Waals surface area contributed by atoms with Crippen LogP contribution in [0, 0.1) is 5.82 Å². The largest absolute Gasteiger partial charge is 0.453 e. The molecule has 0 atom stereocenters. The van der Waals surface area contributed by atoms with Crippen molar-refractivity contribution < 1.29 is 13.9 Å². The smallest absolute Gasteiger partial charge is 0.165 e. The molecule has 2 nitrogen and oxygen atoms in total. The third-order valence-electron chi connectivity index (χ3n) is 2.24. The summed E-state index contributed by atoms with van der Waals surface area (Å²) in [6.45, 7) is 0. The standard InChI is InChI=1S/C13H7BrClFO2/c14-8-4-5-11(16)13(6-8)18-12-3-1-2-10(15)9(12)7-17/h1-7H. The summed E-state index contributed by atoms with van der Waals surface area (Å²) >= 11 is 9.07. The van der Waals surface area contributed by atoms with Crippen LogP contribution in [0.25, 0.3) is 0 Å². The fraction of sp³-hybridized carbons (Fsp3) is 0. The van der Waals surface area contributed by atoms with Crippen molar-refractivity contribution in [3.05, 3.63) is 57.3 Å². The van der Waals surface area contributed by atoms with E-state index in [0.29, 0.717) is 10.8 Å². The second-order valence-corrected chi connectivity index (χ2v) is 4.77. The first kappa shape index (κ1) is 13.1. The molecule has 0 aromatic heterocycles. The Labute approximate surface area is 116 Å². The van der Waals surface area contributed by atoms with E-state index in [4.69, 9.17) is 16.3 Å². The van der Waals surface area contributed by atoms with Crippen LogP contribution in [0.4, 0.5) is 4.39 Å². The first-order valence-corrected chi connectivity index (χ1v) is 6.15. The lowest BCUT2D eigenvalue weighted by atomic mass is 10.2. The molecule has 0 bridgehead atoms. The molecule has 0 aliphatic heterocycles. The van der Waals surface area contributed by atoms with Crippen LogP contribution >= 0.6 is 27.5 Å². The van der Waals surface area contributed by atoms with E-state index in [2.05, 4.69) is 15.9 Å². The Balaban J connectivity index is 2.43. The van der Waals surface area contributed by atoms with Gasteiger partial charge in [-0.15, -0.1) is 0 Å². The van der Waals surface area contributed by atoms with Gasteiger partial charge in [0.15, 0.2) is 17.9 Å². The van der Waals surface area contributed by atoms with Gasteiger partial charge in [0.1, 0.15) is 5.75 Å². The van der Waals surface area contributed by atoms with Gasteiger partial charge in [-0.05, 0) is 30.3 Å². The van der Waals surface area contributed by atoms with Gasteiger partial charge in [-0.1, -0.05) is 33.6 Å². The van der Waals surface area contributed by atoms with Crippen LogP contribution in [0.5, 0.6) is 11.5 Å². The van der Waals surface area contributed by atoms with Crippen molar-refractivity contribution in [2.75, 3.05) is 0 Å². The molecule has 0 N–H and O–H groups in total. The maximum atomic E-state index is 13.5. The Morgan fingerprint density at radius 3 is 2.72 bits per heavy atom. The number of benzene rings is 2. The molecule has 18 heavy (non-hydrogen) atoms. The average Bonchev–Trinajstić information content (AvgIpc) is 2.34. The molecule has 0 spiro atoms. The van der Waals surface area contributed by atoms with E-state index in [1.165, 1.54) is 12.1 Å². The van der Waals surface area contributed by atoms with E-state index < -0.39 is 5.82 Å². The fourth-order valence-corrected chi connectivity index (χ4v) is 1.94. The normalized spacial score (nSPS) is 10.2. The van der Waals surface area contributed by atoms with Crippen LogP contribution < -0.4 is 4.74 Å². The summed E-state index contributed by atoms with van der Waals surface area (Å²) in [5.41, 5.74) is 0.193. The highest BCUT2D eigenvalue weighted by atomic mass is 79.9. The molecular formula is C13H7BrClFO2. The molecule has 5 heteroatoms. The lowest BCUT2D eigenvalue weighted by Gasteiger charge is -2.09. The van der Waals surface area contributed by atoms with Gasteiger partial charge in [0.05, 0.1) is 10.6 Å². The molecule has 0 heterocycles. The Hall–Kier alpha value is -1.39. The topological polar surface area (TPSA) is 26.3 Å². The lowest BCUT2D eigenvalue weighted by Crippen LogP contribution is -1.93. The monoisotopic (exact) mass is 328 g/mol. The number of hydrogen-bond donors (Lipinski definition) is 0. The van der Waals surface area contributed by atoms with Gasteiger partial charge >= 0.3 is 0 Å². The highest BCUT2D eigenvalue weighted by molar-refractivity contribution is 9.10. The van der Waals surface area contributed by atoms with E-state index in [-0.39, 0.29) is 22.1 Å². The molecule has 0 aliphatic rings. The molecule has 0 saturated carbocycles. The van der Waals surface area contributed by atoms with Crippen molar-refractivity contribution in [1.29, 1.82) is 0 Å². The van der Waals surface area contributed by atoms with Gasteiger partial charge in [-0.25, -0.2) is 4.39 Å². The Morgan fingerprint density at radius 2 is 2.00 bits per heavy atom. The zero-order valence-corrected chi connectivity index (χ0v) is 11.3. The van der Waals surface area contributed by atoms with Gasteiger partial charge in [0.25, 0.3) is 0 Å². The summed E-state index contributed by atoms with van der Waals surface area (Å²) < 4.78 is 19.6. The molecule has 0 fully saturated rings. The van der Waals surface area contributed by atoms with Crippen LogP contribution in [0.3, 0.4) is 0 Å². The fourth-order valence-electron chi connectivity index (χ4n) is 1.39. The predicted molar refractivity (Wildman–Crippen MR) is 71.0 cm³/mol. The van der Waals surface area contributed by atoms with Crippen LogP contribution in [0.2, 0.25) is 5.02 Å². The summed E-state index contributed by atoms with van der Waals surface area (Å²) in [6, 6.07) is 9.04. The number of halogens is 3. The molecule has 0 aliphatic carbocycles. The van der Waals surface area contributed by atoms with Crippen molar-refractivity contribution in [3.8, 4) is 11.5 Å². The first-order chi connectivity index (χ1) is 8.61. The molecule has 0 amide bonds. The molecule has 92 valence electrons. The van der Waals surface area contributed by atoms with Crippen molar-refractivity contribution in [1.82, 2.24) is 0 Å². The van der Waals surface area contributed by atoms with E-state index in [0.717, 1.165) is 0 Å². The SMILES string of the molecule is O=Cc1c(Cl)cccc1Oc1cc(Br)ccc1F. The minimum absolute atomic E-state index is 0.0229. The third kappa shape index (κ3) is 2.71. The first-order valence-electron chi connectivity index (χ1n) is 4.98. The average molecular weight is 330 g/mol. The van der Waals surface area contributed by atoms with Gasteiger partial charge in [-0.3, -0.25) is 4.79 Å². The van der Waals surface area contributed by atoms with Gasteiger partial charge < -0.3 is 4.74 Å². The Morgan fingerprint density at radius 1 is 1.22 bits per heavy atom. The molecule has 0 unspecified atom stereocenters. The number of carbonyl (C=O) groups is 1. The summed E-state index contributed by atoms with van der Waals surface area (Å²) in [7, 11) is 0. The second kappa shape index (κ2) is 5.50. The molecule has 0 radical (unpaired) electrons. The highest BCUT2D eigenvalue weighted by Crippen LogP contribution is 2.31. The second-order valence-electron chi connectivity index (χ2n) is 3.45. The lowest BCUT2D eigenvalue weighted by molar-refractivity contribution is 0.112. The third-order valence-corrected chi connectivity index (χ3v) is 3.07. The number of hydrogen-bond acceptors (Lipinski definition) is 2. The van der Waals surface area contributed by atoms with Gasteiger partial charge in [0.2, 0.25) is 0 Å². The Kier molecular flexibility index (Phi) is 3.99. The maximum absolute atomic E-state index is 13.5. The zero-order chi connectivity index (χ0) is 13.1. The molecule has 2 aromatic carbocycles. The predicted octanol–water partition coefficient (Wildman–Crippen LogP) is 4.85. The minimum atomic E-state index is -0.518. The van der Waals surface area contributed by atoms with Crippen molar-refractivity contribution in [2.45, 2.75) is 0 Å². The minimum Gasteiger partial charge on any atom is -0.453 e. The van der Waals surface area contributed by atoms with Crippen LogP contribution in [0.15, 0.2) is 40.9 Å². The van der Waals surface area contributed by atoms with E-state index in [1.807, 2.05) is 0 Å². The van der Waals surface area contributed by atoms with E-state index in [1.54, 1.807) is 24.3 Å². The number of carbonyl (C=O) groups excluding carboxylic acids is 1.